The van der Waals surface area contributed by atoms with Crippen LogP contribution in [0.3, 0.4) is 0 Å². The first-order chi connectivity index (χ1) is 11.5. The molecule has 1 atom stereocenters. The van der Waals surface area contributed by atoms with Crippen molar-refractivity contribution in [3.05, 3.63) is 53.4 Å². The van der Waals surface area contributed by atoms with E-state index in [1.807, 2.05) is 44.2 Å². The number of hydrogen-bond acceptors (Lipinski definition) is 4. The monoisotopic (exact) mass is 330 g/mol. The van der Waals surface area contributed by atoms with Crippen molar-refractivity contribution in [3.8, 4) is 0 Å². The van der Waals surface area contributed by atoms with Crippen molar-refractivity contribution in [1.82, 2.24) is 10.5 Å². The van der Waals surface area contributed by atoms with Crippen molar-refractivity contribution in [2.75, 3.05) is 0 Å². The van der Waals surface area contributed by atoms with Crippen LogP contribution in [0.4, 0.5) is 0 Å². The third-order valence-electron chi connectivity index (χ3n) is 4.04. The maximum absolute atomic E-state index is 12.3. The Balaban J connectivity index is 2.07. The summed E-state index contributed by atoms with van der Waals surface area (Å²) >= 11 is 0. The summed E-state index contributed by atoms with van der Waals surface area (Å²) in [5, 5.41) is 15.8. The topological polar surface area (TPSA) is 92.4 Å². The second kappa shape index (κ2) is 8.29. The number of carbonyl (C=O) groups is 2. The normalized spacial score (nSPS) is 12.1. The van der Waals surface area contributed by atoms with Crippen molar-refractivity contribution < 1.29 is 19.2 Å². The van der Waals surface area contributed by atoms with Crippen molar-refractivity contribution in [2.24, 2.45) is 0 Å². The van der Waals surface area contributed by atoms with Gasteiger partial charge < -0.3 is 14.9 Å². The molecule has 0 unspecified atom stereocenters. The van der Waals surface area contributed by atoms with Crippen LogP contribution in [0.5, 0.6) is 0 Å². The third kappa shape index (κ3) is 4.44. The first kappa shape index (κ1) is 17.7. The minimum Gasteiger partial charge on any atom is -0.480 e. The van der Waals surface area contributed by atoms with Crippen LogP contribution in [0.1, 0.15) is 54.4 Å². The van der Waals surface area contributed by atoms with Gasteiger partial charge in [0.1, 0.15) is 6.04 Å². The van der Waals surface area contributed by atoms with E-state index in [9.17, 15) is 14.7 Å². The molecule has 6 heteroatoms. The molecule has 2 rings (SSSR count). The Hall–Kier alpha value is -2.63. The van der Waals surface area contributed by atoms with Gasteiger partial charge in [-0.1, -0.05) is 49.3 Å². The van der Waals surface area contributed by atoms with E-state index < -0.39 is 17.9 Å². The highest BCUT2D eigenvalue weighted by Gasteiger charge is 2.24. The number of amides is 1. The van der Waals surface area contributed by atoms with Crippen molar-refractivity contribution >= 4 is 11.9 Å². The second-order valence-electron chi connectivity index (χ2n) is 5.68. The molecular weight excluding hydrogens is 308 g/mol. The fraction of sp³-hybridized carbons (Fsp3) is 0.389. The molecule has 0 aliphatic carbocycles. The fourth-order valence-electron chi connectivity index (χ4n) is 2.57. The summed E-state index contributed by atoms with van der Waals surface area (Å²) in [5.41, 5.74) is 1.56. The predicted molar refractivity (Wildman–Crippen MR) is 88.9 cm³/mol. The molecular formula is C18H22N2O4. The summed E-state index contributed by atoms with van der Waals surface area (Å²) in [4.78, 5) is 23.7. The first-order valence-electron chi connectivity index (χ1n) is 8.09. The van der Waals surface area contributed by atoms with Gasteiger partial charge in [-0.3, -0.25) is 4.79 Å². The second-order valence-corrected chi connectivity index (χ2v) is 5.68. The largest absolute Gasteiger partial charge is 0.480 e. The van der Waals surface area contributed by atoms with Crippen molar-refractivity contribution in [1.29, 1.82) is 0 Å². The highest BCUT2D eigenvalue weighted by Crippen LogP contribution is 2.22. The molecule has 6 nitrogen and oxygen atoms in total. The molecule has 0 bridgehead atoms. The maximum Gasteiger partial charge on any atom is 0.326 e. The van der Waals surface area contributed by atoms with E-state index in [1.165, 1.54) is 0 Å². The number of benzene rings is 1. The number of carboxylic acid groups (broad SMARTS) is 1. The van der Waals surface area contributed by atoms with Crippen LogP contribution in [0.2, 0.25) is 0 Å². The van der Waals surface area contributed by atoms with Gasteiger partial charge in [-0.2, -0.15) is 0 Å². The van der Waals surface area contributed by atoms with E-state index >= 15 is 0 Å². The van der Waals surface area contributed by atoms with Crippen LogP contribution in [0, 0.1) is 0 Å². The lowest BCUT2D eigenvalue weighted by Crippen LogP contribution is -2.42. The SMILES string of the molecule is CCC(CC)c1cc(C(=O)N[C@@H](Cc2ccccc2)C(=O)O)on1. The van der Waals surface area contributed by atoms with Crippen LogP contribution in [0.15, 0.2) is 40.9 Å². The fourth-order valence-corrected chi connectivity index (χ4v) is 2.57. The van der Waals surface area contributed by atoms with Crippen LogP contribution < -0.4 is 5.32 Å². The molecule has 1 heterocycles. The Kier molecular flexibility index (Phi) is 6.12. The van der Waals surface area contributed by atoms with Gasteiger partial charge in [0.25, 0.3) is 5.91 Å². The minimum absolute atomic E-state index is 0.0382. The van der Waals surface area contributed by atoms with E-state index in [0.29, 0.717) is 0 Å². The molecule has 1 aromatic heterocycles. The molecule has 2 aromatic rings. The Morgan fingerprint density at radius 1 is 1.21 bits per heavy atom. The smallest absolute Gasteiger partial charge is 0.326 e. The quantitative estimate of drug-likeness (QED) is 0.776. The van der Waals surface area contributed by atoms with E-state index in [-0.39, 0.29) is 18.1 Å². The van der Waals surface area contributed by atoms with E-state index in [0.717, 1.165) is 24.1 Å². The van der Waals surface area contributed by atoms with Gasteiger partial charge in [-0.15, -0.1) is 0 Å². The number of carbonyl (C=O) groups excluding carboxylic acids is 1. The lowest BCUT2D eigenvalue weighted by atomic mass is 9.99. The Labute approximate surface area is 140 Å². The molecule has 0 spiro atoms. The average Bonchev–Trinajstić information content (AvgIpc) is 3.06. The molecule has 0 fully saturated rings. The van der Waals surface area contributed by atoms with Crippen molar-refractivity contribution in [3.63, 3.8) is 0 Å². The summed E-state index contributed by atoms with van der Waals surface area (Å²) in [5.74, 6) is -1.39. The molecule has 1 amide bonds. The lowest BCUT2D eigenvalue weighted by molar-refractivity contribution is -0.139. The van der Waals surface area contributed by atoms with Crippen LogP contribution in [0.25, 0.3) is 0 Å². The molecule has 24 heavy (non-hydrogen) atoms. The molecule has 128 valence electrons. The van der Waals surface area contributed by atoms with Gasteiger partial charge in [0.15, 0.2) is 0 Å². The highest BCUT2D eigenvalue weighted by molar-refractivity contribution is 5.94. The molecule has 0 aliphatic rings. The maximum atomic E-state index is 12.3. The molecule has 1 aromatic carbocycles. The van der Waals surface area contributed by atoms with Gasteiger partial charge in [0.2, 0.25) is 5.76 Å². The van der Waals surface area contributed by atoms with Crippen LogP contribution >= 0.6 is 0 Å². The summed E-state index contributed by atoms with van der Waals surface area (Å²) in [6.07, 6.45) is 2.00. The number of aromatic nitrogens is 1. The third-order valence-corrected chi connectivity index (χ3v) is 4.04. The molecule has 0 aliphatic heterocycles. The molecule has 0 saturated carbocycles. The summed E-state index contributed by atoms with van der Waals surface area (Å²) in [6, 6.07) is 9.72. The number of rotatable bonds is 8. The summed E-state index contributed by atoms with van der Waals surface area (Å²) < 4.78 is 5.09. The van der Waals surface area contributed by atoms with Gasteiger partial charge in [-0.05, 0) is 18.4 Å². The number of nitrogens with zero attached hydrogens (tertiary/aromatic N) is 1. The zero-order valence-electron chi connectivity index (χ0n) is 13.9. The number of aliphatic carboxylic acids is 1. The Bertz CT molecular complexity index is 677. The number of hydrogen-bond donors (Lipinski definition) is 2. The van der Waals surface area contributed by atoms with Gasteiger partial charge >= 0.3 is 5.97 Å². The first-order valence-corrected chi connectivity index (χ1v) is 8.09. The lowest BCUT2D eigenvalue weighted by Gasteiger charge is -2.13. The molecule has 0 radical (unpaired) electrons. The predicted octanol–water partition coefficient (Wildman–Crippen LogP) is 3.00. The standard InChI is InChI=1S/C18H22N2O4/c1-3-13(4-2)14-11-16(24-20-14)17(21)19-15(18(22)23)10-12-8-6-5-7-9-12/h5-9,11,13,15H,3-4,10H2,1-2H3,(H,19,21)(H,22,23)/t15-/m0/s1. The zero-order chi connectivity index (χ0) is 17.5. The van der Waals surface area contributed by atoms with Crippen LogP contribution in [-0.4, -0.2) is 28.2 Å². The van der Waals surface area contributed by atoms with Gasteiger partial charge in [0, 0.05) is 18.4 Å². The van der Waals surface area contributed by atoms with Crippen molar-refractivity contribution in [2.45, 2.75) is 45.1 Å². The zero-order valence-corrected chi connectivity index (χ0v) is 13.9. The molecule has 0 saturated heterocycles. The highest BCUT2D eigenvalue weighted by atomic mass is 16.5. The van der Waals surface area contributed by atoms with E-state index in [2.05, 4.69) is 10.5 Å². The number of nitrogens with one attached hydrogen (secondary N) is 1. The van der Waals surface area contributed by atoms with E-state index in [4.69, 9.17) is 4.52 Å². The van der Waals surface area contributed by atoms with E-state index in [1.54, 1.807) is 6.07 Å². The van der Waals surface area contributed by atoms with Crippen LogP contribution in [-0.2, 0) is 11.2 Å². The average molecular weight is 330 g/mol. The summed E-state index contributed by atoms with van der Waals surface area (Å²) in [7, 11) is 0. The minimum atomic E-state index is -1.09. The number of carboxylic acids is 1. The Morgan fingerprint density at radius 2 is 1.88 bits per heavy atom. The molecule has 2 N–H and O–H groups in total. The summed E-state index contributed by atoms with van der Waals surface area (Å²) in [6.45, 7) is 4.09. The van der Waals surface area contributed by atoms with Gasteiger partial charge in [-0.25, -0.2) is 4.79 Å². The van der Waals surface area contributed by atoms with Gasteiger partial charge in [0.05, 0.1) is 5.69 Å². The Morgan fingerprint density at radius 3 is 2.46 bits per heavy atom.